The molecule has 0 amide bonds. The molecule has 0 radical (unpaired) electrons. The Morgan fingerprint density at radius 3 is 2.76 bits per heavy atom. The number of nitrogens with one attached hydrogen (secondary N) is 3. The molecule has 4 heterocycles. The van der Waals surface area contributed by atoms with Crippen molar-refractivity contribution < 1.29 is 9.47 Å². The van der Waals surface area contributed by atoms with Crippen molar-refractivity contribution in [2.45, 2.75) is 6.92 Å². The van der Waals surface area contributed by atoms with Crippen LogP contribution in [0, 0.1) is 16.7 Å². The third kappa shape index (κ3) is 3.95. The van der Waals surface area contributed by atoms with Gasteiger partial charge >= 0.3 is 0 Å². The first-order valence-corrected chi connectivity index (χ1v) is 9.02. The number of rotatable bonds is 7. The maximum absolute atomic E-state index is 8.81. The third-order valence-corrected chi connectivity index (χ3v) is 4.62. The molecular weight excluding hydrogens is 372 g/mol. The maximum Gasteiger partial charge on any atom is 0.226 e. The Balaban J connectivity index is 1.57. The lowest BCUT2D eigenvalue weighted by Gasteiger charge is -2.38. The van der Waals surface area contributed by atoms with E-state index >= 15 is 0 Å². The molecule has 0 unspecified atom stereocenters. The topological polar surface area (TPSA) is 134 Å². The first-order valence-electron chi connectivity index (χ1n) is 9.02. The lowest BCUT2D eigenvalue weighted by atomic mass is 9.85. The molecule has 3 aromatic rings. The number of hydrogen-bond acceptors (Lipinski definition) is 9. The molecule has 0 saturated carbocycles. The highest BCUT2D eigenvalue weighted by Crippen LogP contribution is 2.37. The second-order valence-corrected chi connectivity index (χ2v) is 7.09. The standard InChI is InChI=1S/C19H20N8O2/c1-19(9-21-10-19)11-29-14-3-4-22-18(28-2)17(14)13-5-15(27-26-13)25-16-8-23-12(6-20)7-24-16/h3-5,7-8,21H,9-11H2,1-2H3,(H2,24,25,26,27). The zero-order chi connectivity index (χ0) is 20.3. The molecule has 1 saturated heterocycles. The van der Waals surface area contributed by atoms with E-state index in [9.17, 15) is 0 Å². The number of H-pyrrole nitrogens is 1. The van der Waals surface area contributed by atoms with Crippen LogP contribution in [0.15, 0.2) is 30.7 Å². The Morgan fingerprint density at radius 1 is 1.24 bits per heavy atom. The molecule has 10 heteroatoms. The van der Waals surface area contributed by atoms with Crippen molar-refractivity contribution in [3.05, 3.63) is 36.4 Å². The Labute approximate surface area is 167 Å². The highest BCUT2D eigenvalue weighted by Gasteiger charge is 2.33. The van der Waals surface area contributed by atoms with Crippen LogP contribution in [-0.2, 0) is 0 Å². The van der Waals surface area contributed by atoms with Gasteiger partial charge < -0.3 is 20.1 Å². The summed E-state index contributed by atoms with van der Waals surface area (Å²) in [6.07, 6.45) is 4.52. The second-order valence-electron chi connectivity index (χ2n) is 7.09. The molecule has 4 rings (SSSR count). The van der Waals surface area contributed by atoms with Crippen LogP contribution >= 0.6 is 0 Å². The van der Waals surface area contributed by atoms with E-state index < -0.39 is 0 Å². The Kier molecular flexibility index (Phi) is 4.97. The summed E-state index contributed by atoms with van der Waals surface area (Å²) < 4.78 is 11.6. The van der Waals surface area contributed by atoms with Crippen molar-refractivity contribution in [3.63, 3.8) is 0 Å². The minimum atomic E-state index is 0.114. The lowest BCUT2D eigenvalue weighted by molar-refractivity contribution is 0.102. The van der Waals surface area contributed by atoms with Gasteiger partial charge in [0, 0.05) is 30.8 Å². The van der Waals surface area contributed by atoms with Gasteiger partial charge in [-0.15, -0.1) is 0 Å². The average molecular weight is 392 g/mol. The zero-order valence-corrected chi connectivity index (χ0v) is 16.1. The molecular formula is C19H20N8O2. The van der Waals surface area contributed by atoms with Gasteiger partial charge in [-0.3, -0.25) is 5.10 Å². The van der Waals surface area contributed by atoms with Crippen molar-refractivity contribution in [3.8, 4) is 29.0 Å². The fourth-order valence-electron chi connectivity index (χ4n) is 2.95. The summed E-state index contributed by atoms with van der Waals surface area (Å²) in [5.74, 6) is 2.11. The molecule has 0 spiro atoms. The van der Waals surface area contributed by atoms with E-state index in [1.165, 1.54) is 12.4 Å². The molecule has 3 N–H and O–H groups in total. The van der Waals surface area contributed by atoms with Gasteiger partial charge in [0.15, 0.2) is 11.5 Å². The molecule has 10 nitrogen and oxygen atoms in total. The van der Waals surface area contributed by atoms with Crippen molar-refractivity contribution in [1.29, 1.82) is 5.26 Å². The van der Waals surface area contributed by atoms with Crippen molar-refractivity contribution in [2.75, 3.05) is 32.1 Å². The van der Waals surface area contributed by atoms with Crippen LogP contribution in [0.3, 0.4) is 0 Å². The fourth-order valence-corrected chi connectivity index (χ4v) is 2.95. The summed E-state index contributed by atoms with van der Waals surface area (Å²) >= 11 is 0. The molecule has 148 valence electrons. The Bertz CT molecular complexity index is 1040. The van der Waals surface area contributed by atoms with E-state index in [-0.39, 0.29) is 11.1 Å². The van der Waals surface area contributed by atoms with Gasteiger partial charge in [-0.05, 0) is 6.07 Å². The molecule has 0 aromatic carbocycles. The fraction of sp³-hybridized carbons (Fsp3) is 0.316. The van der Waals surface area contributed by atoms with E-state index in [1.807, 2.05) is 12.1 Å². The van der Waals surface area contributed by atoms with E-state index in [4.69, 9.17) is 14.7 Å². The van der Waals surface area contributed by atoms with E-state index in [2.05, 4.69) is 42.7 Å². The van der Waals surface area contributed by atoms with Crippen LogP contribution in [0.25, 0.3) is 11.3 Å². The normalized spacial score (nSPS) is 14.5. The maximum atomic E-state index is 8.81. The van der Waals surface area contributed by atoms with Crippen LogP contribution in [0.1, 0.15) is 12.6 Å². The number of methoxy groups -OCH3 is 1. The van der Waals surface area contributed by atoms with Gasteiger partial charge in [-0.1, -0.05) is 6.92 Å². The van der Waals surface area contributed by atoms with Gasteiger partial charge in [0.25, 0.3) is 0 Å². The van der Waals surface area contributed by atoms with Gasteiger partial charge in [0.2, 0.25) is 5.88 Å². The number of anilines is 2. The van der Waals surface area contributed by atoms with Crippen LogP contribution < -0.4 is 20.1 Å². The molecule has 0 bridgehead atoms. The summed E-state index contributed by atoms with van der Waals surface area (Å²) in [6, 6.07) is 5.55. The Morgan fingerprint density at radius 2 is 2.10 bits per heavy atom. The quantitative estimate of drug-likeness (QED) is 0.551. The van der Waals surface area contributed by atoms with Crippen LogP contribution in [0.4, 0.5) is 11.6 Å². The van der Waals surface area contributed by atoms with Crippen LogP contribution in [0.2, 0.25) is 0 Å². The number of ether oxygens (including phenoxy) is 2. The molecule has 3 aromatic heterocycles. The monoisotopic (exact) mass is 392 g/mol. The first-order chi connectivity index (χ1) is 14.1. The Hall–Kier alpha value is -3.71. The molecule has 1 aliphatic rings. The predicted octanol–water partition coefficient (Wildman–Crippen LogP) is 1.87. The van der Waals surface area contributed by atoms with Crippen molar-refractivity contribution >= 4 is 11.6 Å². The third-order valence-electron chi connectivity index (χ3n) is 4.62. The van der Waals surface area contributed by atoms with Crippen molar-refractivity contribution in [2.24, 2.45) is 5.41 Å². The predicted molar refractivity (Wildman–Crippen MR) is 105 cm³/mol. The minimum absolute atomic E-state index is 0.114. The number of hydrogen-bond donors (Lipinski definition) is 3. The zero-order valence-electron chi connectivity index (χ0n) is 16.1. The summed E-state index contributed by atoms with van der Waals surface area (Å²) in [6.45, 7) is 4.61. The van der Waals surface area contributed by atoms with Crippen molar-refractivity contribution in [1.82, 2.24) is 30.5 Å². The molecule has 29 heavy (non-hydrogen) atoms. The molecule has 1 fully saturated rings. The van der Waals surface area contributed by atoms with Gasteiger partial charge in [-0.2, -0.15) is 10.4 Å². The van der Waals surface area contributed by atoms with E-state index in [0.29, 0.717) is 41.1 Å². The highest BCUT2D eigenvalue weighted by atomic mass is 16.5. The highest BCUT2D eigenvalue weighted by molar-refractivity contribution is 5.74. The minimum Gasteiger partial charge on any atom is -0.492 e. The molecule has 1 aliphatic heterocycles. The summed E-state index contributed by atoms with van der Waals surface area (Å²) in [7, 11) is 1.56. The molecule has 0 aliphatic carbocycles. The smallest absolute Gasteiger partial charge is 0.226 e. The average Bonchev–Trinajstić information content (AvgIpc) is 3.19. The number of aromatic amines is 1. The number of nitrogens with zero attached hydrogens (tertiary/aromatic N) is 5. The largest absolute Gasteiger partial charge is 0.492 e. The summed E-state index contributed by atoms with van der Waals surface area (Å²) in [5, 5.41) is 22.4. The van der Waals surface area contributed by atoms with E-state index in [1.54, 1.807) is 19.4 Å². The SMILES string of the molecule is COc1nccc(OCC2(C)CNC2)c1-c1cc(Nc2cnc(C#N)cn2)n[nH]1. The summed E-state index contributed by atoms with van der Waals surface area (Å²) in [5.41, 5.74) is 1.74. The summed E-state index contributed by atoms with van der Waals surface area (Å²) in [4.78, 5) is 12.4. The van der Waals surface area contributed by atoms with Crippen LogP contribution in [0.5, 0.6) is 11.6 Å². The van der Waals surface area contributed by atoms with E-state index in [0.717, 1.165) is 13.1 Å². The molecule has 0 atom stereocenters. The second kappa shape index (κ2) is 7.73. The number of nitriles is 1. The van der Waals surface area contributed by atoms with Gasteiger partial charge in [-0.25, -0.2) is 15.0 Å². The number of aromatic nitrogens is 5. The van der Waals surface area contributed by atoms with Crippen LogP contribution in [-0.4, -0.2) is 52.0 Å². The van der Waals surface area contributed by atoms with Gasteiger partial charge in [0.1, 0.15) is 23.2 Å². The number of pyridine rings is 1. The first kappa shape index (κ1) is 18.6. The van der Waals surface area contributed by atoms with Gasteiger partial charge in [0.05, 0.1) is 31.8 Å². The lowest BCUT2D eigenvalue weighted by Crippen LogP contribution is -2.54.